The van der Waals surface area contributed by atoms with E-state index in [4.69, 9.17) is 5.11 Å². The van der Waals surface area contributed by atoms with Crippen molar-refractivity contribution in [1.82, 2.24) is 0 Å². The van der Waals surface area contributed by atoms with Crippen LogP contribution in [0.5, 0.6) is 0 Å². The molecule has 0 saturated carbocycles. The number of halogens is 2. The van der Waals surface area contributed by atoms with E-state index in [2.05, 4.69) is 31.9 Å². The van der Waals surface area contributed by atoms with Gasteiger partial charge in [-0.05, 0) is 24.6 Å². The van der Waals surface area contributed by atoms with Crippen LogP contribution in [0.15, 0.2) is 22.7 Å². The van der Waals surface area contributed by atoms with Crippen LogP contribution in [0, 0.1) is 0 Å². The topological polar surface area (TPSA) is 54.4 Å². The predicted octanol–water partition coefficient (Wildman–Crippen LogP) is 3.04. The van der Waals surface area contributed by atoms with E-state index in [1.165, 1.54) is 0 Å². The van der Waals surface area contributed by atoms with Gasteiger partial charge in [-0.15, -0.1) is 0 Å². The molecule has 1 aromatic carbocycles. The first-order valence-corrected chi connectivity index (χ1v) is 6.31. The van der Waals surface area contributed by atoms with Crippen LogP contribution in [0.3, 0.4) is 0 Å². The van der Waals surface area contributed by atoms with Crippen LogP contribution in [-0.4, -0.2) is 21.7 Å². The van der Waals surface area contributed by atoms with Gasteiger partial charge in [0.25, 0.3) is 0 Å². The van der Waals surface area contributed by atoms with E-state index in [1.54, 1.807) is 25.1 Å². The van der Waals surface area contributed by atoms with Crippen molar-refractivity contribution in [3.63, 3.8) is 0 Å². The number of carbonyl (C=O) groups is 2. The fourth-order valence-corrected chi connectivity index (χ4v) is 1.91. The Morgan fingerprint density at radius 1 is 1.44 bits per heavy atom. The molecule has 0 aliphatic heterocycles. The number of hydrogen-bond donors (Lipinski definition) is 1. The molecule has 0 heterocycles. The van der Waals surface area contributed by atoms with E-state index in [9.17, 15) is 9.59 Å². The Balaban J connectivity index is 3.07. The molecule has 3 nitrogen and oxygen atoms in total. The van der Waals surface area contributed by atoms with Crippen LogP contribution in [0.2, 0.25) is 0 Å². The first-order chi connectivity index (χ1) is 7.41. The van der Waals surface area contributed by atoms with Gasteiger partial charge in [-0.1, -0.05) is 37.9 Å². The van der Waals surface area contributed by atoms with E-state index in [0.717, 1.165) is 0 Å². The minimum Gasteiger partial charge on any atom is -0.481 e. The van der Waals surface area contributed by atoms with Gasteiger partial charge >= 0.3 is 5.97 Å². The third-order valence-corrected chi connectivity index (χ3v) is 3.22. The minimum atomic E-state index is -0.919. The fourth-order valence-electron chi connectivity index (χ4n) is 1.26. The molecule has 1 unspecified atom stereocenters. The van der Waals surface area contributed by atoms with Gasteiger partial charge in [0.15, 0.2) is 5.78 Å². The average Bonchev–Trinajstić information content (AvgIpc) is 2.19. The zero-order valence-corrected chi connectivity index (χ0v) is 11.7. The third kappa shape index (κ3) is 3.42. The highest BCUT2D eigenvalue weighted by atomic mass is 79.9. The normalized spacial score (nSPS) is 12.2. The highest BCUT2D eigenvalue weighted by Gasteiger charge is 2.14. The highest BCUT2D eigenvalue weighted by molar-refractivity contribution is 9.10. The van der Waals surface area contributed by atoms with Crippen molar-refractivity contribution in [3.8, 4) is 0 Å². The molecule has 0 amide bonds. The summed E-state index contributed by atoms with van der Waals surface area (Å²) in [4.78, 5) is 22.0. The van der Waals surface area contributed by atoms with Gasteiger partial charge in [0.05, 0.1) is 11.2 Å². The van der Waals surface area contributed by atoms with Gasteiger partial charge in [0.2, 0.25) is 0 Å². The zero-order chi connectivity index (χ0) is 12.3. The number of ketones is 1. The number of alkyl halides is 1. The molecule has 86 valence electrons. The molecule has 0 fully saturated rings. The van der Waals surface area contributed by atoms with Crippen molar-refractivity contribution in [3.05, 3.63) is 33.8 Å². The van der Waals surface area contributed by atoms with Crippen LogP contribution in [0.4, 0.5) is 0 Å². The molecule has 5 heteroatoms. The van der Waals surface area contributed by atoms with Gasteiger partial charge < -0.3 is 5.11 Å². The Hall–Kier alpha value is -0.680. The Labute approximate surface area is 110 Å². The van der Waals surface area contributed by atoms with Crippen LogP contribution < -0.4 is 0 Å². The number of carbonyl (C=O) groups excluding carboxylic acids is 1. The zero-order valence-electron chi connectivity index (χ0n) is 8.54. The van der Waals surface area contributed by atoms with Crippen LogP contribution >= 0.6 is 31.9 Å². The second-order valence-electron chi connectivity index (χ2n) is 3.36. The molecule has 0 radical (unpaired) electrons. The highest BCUT2D eigenvalue weighted by Crippen LogP contribution is 2.21. The lowest BCUT2D eigenvalue weighted by molar-refractivity contribution is -0.136. The number of hydrogen-bond acceptors (Lipinski definition) is 2. The summed E-state index contributed by atoms with van der Waals surface area (Å²) in [5, 5.41) is 8.72. The summed E-state index contributed by atoms with van der Waals surface area (Å²) in [6.45, 7) is 1.74. The van der Waals surface area contributed by atoms with Crippen LogP contribution in [0.25, 0.3) is 0 Å². The lowest BCUT2D eigenvalue weighted by atomic mass is 10.0. The lowest BCUT2D eigenvalue weighted by Crippen LogP contribution is -2.11. The average molecular weight is 350 g/mol. The van der Waals surface area contributed by atoms with Crippen molar-refractivity contribution < 1.29 is 14.7 Å². The molecule has 0 aliphatic rings. The summed E-state index contributed by atoms with van der Waals surface area (Å²) in [5.74, 6) is -0.976. The second-order valence-corrected chi connectivity index (χ2v) is 5.58. The smallest absolute Gasteiger partial charge is 0.307 e. The van der Waals surface area contributed by atoms with E-state index in [1.807, 2.05) is 0 Å². The summed E-state index contributed by atoms with van der Waals surface area (Å²) >= 11 is 6.45. The van der Waals surface area contributed by atoms with Gasteiger partial charge in [0.1, 0.15) is 0 Å². The number of aliphatic carboxylic acids is 1. The standard InChI is InChI=1S/C11H10Br2O3/c1-6(12)11(16)7-2-3-9(13)8(4-7)5-10(14)15/h2-4,6H,5H2,1H3,(H,14,15). The van der Waals surface area contributed by atoms with Gasteiger partial charge in [-0.2, -0.15) is 0 Å². The molecule has 0 saturated heterocycles. The van der Waals surface area contributed by atoms with E-state index < -0.39 is 5.97 Å². The maximum Gasteiger partial charge on any atom is 0.307 e. The van der Waals surface area contributed by atoms with Gasteiger partial charge in [-0.3, -0.25) is 9.59 Å². The van der Waals surface area contributed by atoms with E-state index in [-0.39, 0.29) is 17.0 Å². The molecule has 16 heavy (non-hydrogen) atoms. The van der Waals surface area contributed by atoms with Crippen molar-refractivity contribution >= 4 is 43.6 Å². The Morgan fingerprint density at radius 2 is 2.06 bits per heavy atom. The number of carboxylic acid groups (broad SMARTS) is 1. The Bertz CT molecular complexity index is 427. The summed E-state index contributed by atoms with van der Waals surface area (Å²) < 4.78 is 0.702. The molecular weight excluding hydrogens is 340 g/mol. The van der Waals surface area contributed by atoms with Crippen LogP contribution in [-0.2, 0) is 11.2 Å². The van der Waals surface area contributed by atoms with E-state index >= 15 is 0 Å². The number of carboxylic acids is 1. The molecular formula is C11H10Br2O3. The molecule has 1 N–H and O–H groups in total. The predicted molar refractivity (Wildman–Crippen MR) is 68.2 cm³/mol. The van der Waals surface area contributed by atoms with Gasteiger partial charge in [-0.25, -0.2) is 0 Å². The first kappa shape index (κ1) is 13.4. The Morgan fingerprint density at radius 3 is 2.56 bits per heavy atom. The summed E-state index contributed by atoms with van der Waals surface area (Å²) in [5.41, 5.74) is 1.12. The van der Waals surface area contributed by atoms with E-state index in [0.29, 0.717) is 15.6 Å². The molecule has 1 aromatic rings. The summed E-state index contributed by atoms with van der Waals surface area (Å²) in [6, 6.07) is 4.98. The molecule has 0 aliphatic carbocycles. The maximum absolute atomic E-state index is 11.7. The maximum atomic E-state index is 11.7. The first-order valence-electron chi connectivity index (χ1n) is 4.60. The van der Waals surface area contributed by atoms with Crippen molar-refractivity contribution in [2.75, 3.05) is 0 Å². The van der Waals surface area contributed by atoms with Gasteiger partial charge in [0, 0.05) is 10.0 Å². The minimum absolute atomic E-state index is 0.0564. The summed E-state index contributed by atoms with van der Waals surface area (Å²) in [7, 11) is 0. The molecule has 1 rings (SSSR count). The number of Topliss-reactive ketones (excluding diaryl/α,β-unsaturated/α-hetero) is 1. The summed E-state index contributed by atoms with van der Waals surface area (Å²) in [6.07, 6.45) is -0.0988. The molecule has 1 atom stereocenters. The van der Waals surface area contributed by atoms with Crippen LogP contribution in [0.1, 0.15) is 22.8 Å². The lowest BCUT2D eigenvalue weighted by Gasteiger charge is -2.06. The Kier molecular flexibility index (Phi) is 4.68. The second kappa shape index (κ2) is 5.59. The number of benzene rings is 1. The quantitative estimate of drug-likeness (QED) is 0.671. The fraction of sp³-hybridized carbons (Fsp3) is 0.273. The SMILES string of the molecule is CC(Br)C(=O)c1ccc(Br)c(CC(=O)O)c1. The number of rotatable bonds is 4. The monoisotopic (exact) mass is 348 g/mol. The van der Waals surface area contributed by atoms with Crippen molar-refractivity contribution in [2.24, 2.45) is 0 Å². The molecule has 0 aromatic heterocycles. The molecule has 0 bridgehead atoms. The third-order valence-electron chi connectivity index (χ3n) is 2.03. The van der Waals surface area contributed by atoms with Crippen molar-refractivity contribution in [1.29, 1.82) is 0 Å². The largest absolute Gasteiger partial charge is 0.481 e. The van der Waals surface area contributed by atoms with Crippen molar-refractivity contribution in [2.45, 2.75) is 18.2 Å². The molecule has 0 spiro atoms.